The number of nitrogens with one attached hydrogen (secondary N) is 1. The molecule has 1 aromatic rings. The summed E-state index contributed by atoms with van der Waals surface area (Å²) in [6.07, 6.45) is 4.55. The molecule has 1 amide bonds. The van der Waals surface area contributed by atoms with E-state index in [1.807, 2.05) is 31.2 Å². The Morgan fingerprint density at radius 2 is 2.16 bits per heavy atom. The van der Waals surface area contributed by atoms with Gasteiger partial charge in [-0.3, -0.25) is 4.79 Å². The number of rotatable bonds is 7. The molecular weight excluding hydrogens is 242 g/mol. The molecule has 1 rings (SSSR count). The predicted molar refractivity (Wildman–Crippen MR) is 73.4 cm³/mol. The highest BCUT2D eigenvalue weighted by atomic mass is 16.5. The summed E-state index contributed by atoms with van der Waals surface area (Å²) >= 11 is 0. The maximum absolute atomic E-state index is 11.4. The van der Waals surface area contributed by atoms with Gasteiger partial charge < -0.3 is 15.2 Å². The van der Waals surface area contributed by atoms with Crippen LogP contribution < -0.4 is 5.32 Å². The van der Waals surface area contributed by atoms with Gasteiger partial charge in [-0.15, -0.1) is 6.42 Å². The lowest BCUT2D eigenvalue weighted by Gasteiger charge is -2.12. The van der Waals surface area contributed by atoms with E-state index in [2.05, 4.69) is 11.2 Å². The van der Waals surface area contributed by atoms with Gasteiger partial charge in [0.25, 0.3) is 0 Å². The molecule has 0 saturated carbocycles. The van der Waals surface area contributed by atoms with E-state index in [-0.39, 0.29) is 32.1 Å². The third-order valence-corrected chi connectivity index (χ3v) is 2.61. The molecule has 0 radical (unpaired) electrons. The van der Waals surface area contributed by atoms with Crippen molar-refractivity contribution in [2.45, 2.75) is 19.4 Å². The molecule has 1 unspecified atom stereocenters. The average Bonchev–Trinajstić information content (AvgIpc) is 2.42. The van der Waals surface area contributed by atoms with Crippen molar-refractivity contribution in [1.82, 2.24) is 5.32 Å². The number of ether oxygens (including phenoxy) is 1. The maximum atomic E-state index is 11.4. The molecule has 4 heteroatoms. The quantitative estimate of drug-likeness (QED) is 0.572. The van der Waals surface area contributed by atoms with Crippen LogP contribution in [0.4, 0.5) is 0 Å². The van der Waals surface area contributed by atoms with Gasteiger partial charge in [0.2, 0.25) is 5.91 Å². The van der Waals surface area contributed by atoms with Gasteiger partial charge in [-0.25, -0.2) is 0 Å². The Labute approximate surface area is 113 Å². The summed E-state index contributed by atoms with van der Waals surface area (Å²) in [6.45, 7) is 2.67. The maximum Gasteiger partial charge on any atom is 0.222 e. The second kappa shape index (κ2) is 8.30. The molecule has 1 aromatic carbocycles. The van der Waals surface area contributed by atoms with Gasteiger partial charge in [0.05, 0.1) is 19.1 Å². The first-order chi connectivity index (χ1) is 9.13. The van der Waals surface area contributed by atoms with Crippen LogP contribution in [0.2, 0.25) is 0 Å². The van der Waals surface area contributed by atoms with Crippen LogP contribution >= 0.6 is 0 Å². The summed E-state index contributed by atoms with van der Waals surface area (Å²) in [6, 6.07) is 7.55. The van der Waals surface area contributed by atoms with E-state index in [1.54, 1.807) is 0 Å². The SMILES string of the molecule is C#CCOCCC(=O)NCC(O)c1ccc(C)cc1. The van der Waals surface area contributed by atoms with Crippen LogP contribution in [0.3, 0.4) is 0 Å². The van der Waals surface area contributed by atoms with Crippen molar-refractivity contribution >= 4 is 5.91 Å². The lowest BCUT2D eigenvalue weighted by molar-refractivity contribution is -0.122. The molecule has 0 aromatic heterocycles. The fraction of sp³-hybridized carbons (Fsp3) is 0.400. The Kier molecular flexibility index (Phi) is 6.65. The van der Waals surface area contributed by atoms with Crippen molar-refractivity contribution in [2.24, 2.45) is 0 Å². The van der Waals surface area contributed by atoms with Gasteiger partial charge in [-0.05, 0) is 12.5 Å². The average molecular weight is 261 g/mol. The van der Waals surface area contributed by atoms with Crippen molar-refractivity contribution in [1.29, 1.82) is 0 Å². The van der Waals surface area contributed by atoms with E-state index in [1.165, 1.54) is 0 Å². The molecule has 0 fully saturated rings. The highest BCUT2D eigenvalue weighted by Gasteiger charge is 2.09. The molecular formula is C15H19NO3. The Balaban J connectivity index is 2.26. The van der Waals surface area contributed by atoms with Crippen molar-refractivity contribution in [2.75, 3.05) is 19.8 Å². The van der Waals surface area contributed by atoms with Crippen molar-refractivity contribution in [3.8, 4) is 12.3 Å². The molecule has 0 aliphatic rings. The molecule has 0 saturated heterocycles. The monoisotopic (exact) mass is 261 g/mol. The van der Waals surface area contributed by atoms with Crippen LogP contribution in [-0.2, 0) is 9.53 Å². The zero-order valence-corrected chi connectivity index (χ0v) is 11.1. The normalized spacial score (nSPS) is 11.6. The second-order valence-electron chi connectivity index (χ2n) is 4.24. The van der Waals surface area contributed by atoms with E-state index in [4.69, 9.17) is 11.2 Å². The summed E-state index contributed by atoms with van der Waals surface area (Å²) in [7, 11) is 0. The smallest absolute Gasteiger partial charge is 0.222 e. The number of carbonyl (C=O) groups excluding carboxylic acids is 1. The third kappa shape index (κ3) is 6.05. The van der Waals surface area contributed by atoms with Gasteiger partial charge in [0, 0.05) is 6.54 Å². The number of hydrogen-bond acceptors (Lipinski definition) is 3. The van der Waals surface area contributed by atoms with Gasteiger partial charge in [0.15, 0.2) is 0 Å². The topological polar surface area (TPSA) is 58.6 Å². The minimum absolute atomic E-state index is 0.164. The van der Waals surface area contributed by atoms with Crippen LogP contribution in [0.15, 0.2) is 24.3 Å². The Hall–Kier alpha value is -1.83. The number of benzene rings is 1. The summed E-state index contributed by atoms with van der Waals surface area (Å²) in [4.78, 5) is 11.4. The first-order valence-electron chi connectivity index (χ1n) is 6.16. The summed E-state index contributed by atoms with van der Waals surface area (Å²) in [5.41, 5.74) is 1.92. The number of amides is 1. The van der Waals surface area contributed by atoms with Crippen LogP contribution in [0, 0.1) is 19.3 Å². The fourth-order valence-corrected chi connectivity index (χ4v) is 1.50. The van der Waals surface area contributed by atoms with Crippen molar-refractivity contribution in [3.63, 3.8) is 0 Å². The van der Waals surface area contributed by atoms with Crippen molar-refractivity contribution < 1.29 is 14.6 Å². The molecule has 0 aliphatic heterocycles. The molecule has 0 spiro atoms. The van der Waals surface area contributed by atoms with E-state index in [9.17, 15) is 9.90 Å². The van der Waals surface area contributed by atoms with Crippen LogP contribution in [0.25, 0.3) is 0 Å². The summed E-state index contributed by atoms with van der Waals surface area (Å²) in [5.74, 6) is 2.16. The van der Waals surface area contributed by atoms with Gasteiger partial charge in [-0.1, -0.05) is 35.7 Å². The van der Waals surface area contributed by atoms with Gasteiger partial charge in [0.1, 0.15) is 6.61 Å². The highest BCUT2D eigenvalue weighted by molar-refractivity contribution is 5.75. The van der Waals surface area contributed by atoms with Crippen LogP contribution in [0.5, 0.6) is 0 Å². The Morgan fingerprint density at radius 1 is 1.47 bits per heavy atom. The molecule has 0 bridgehead atoms. The van der Waals surface area contributed by atoms with Crippen LogP contribution in [0.1, 0.15) is 23.7 Å². The largest absolute Gasteiger partial charge is 0.387 e. The molecule has 4 nitrogen and oxygen atoms in total. The number of aryl methyl sites for hydroxylation is 1. The third-order valence-electron chi connectivity index (χ3n) is 2.61. The van der Waals surface area contributed by atoms with Crippen LogP contribution in [-0.4, -0.2) is 30.8 Å². The first-order valence-corrected chi connectivity index (χ1v) is 6.16. The molecule has 19 heavy (non-hydrogen) atoms. The summed E-state index contributed by atoms with van der Waals surface area (Å²) < 4.78 is 5.00. The number of hydrogen-bond donors (Lipinski definition) is 2. The minimum Gasteiger partial charge on any atom is -0.387 e. The molecule has 2 N–H and O–H groups in total. The predicted octanol–water partition coefficient (Wildman–Crippen LogP) is 1.18. The van der Waals surface area contributed by atoms with Crippen molar-refractivity contribution in [3.05, 3.63) is 35.4 Å². The highest BCUT2D eigenvalue weighted by Crippen LogP contribution is 2.12. The summed E-state index contributed by atoms with van der Waals surface area (Å²) in [5, 5.41) is 12.5. The Morgan fingerprint density at radius 3 is 2.79 bits per heavy atom. The second-order valence-corrected chi connectivity index (χ2v) is 4.24. The molecule has 102 valence electrons. The minimum atomic E-state index is -0.698. The molecule has 1 atom stereocenters. The zero-order chi connectivity index (χ0) is 14.1. The van der Waals surface area contributed by atoms with Gasteiger partial charge in [-0.2, -0.15) is 0 Å². The number of aliphatic hydroxyl groups is 1. The lowest BCUT2D eigenvalue weighted by Crippen LogP contribution is -2.29. The number of terminal acetylenes is 1. The van der Waals surface area contributed by atoms with E-state index >= 15 is 0 Å². The first kappa shape index (κ1) is 15.2. The Bertz CT molecular complexity index is 434. The fourth-order valence-electron chi connectivity index (χ4n) is 1.50. The van der Waals surface area contributed by atoms with E-state index in [0.29, 0.717) is 0 Å². The van der Waals surface area contributed by atoms with Gasteiger partial charge >= 0.3 is 0 Å². The standard InChI is InChI=1S/C15H19NO3/c1-3-9-19-10-8-15(18)16-11-14(17)13-6-4-12(2)5-7-13/h1,4-7,14,17H,8-11H2,2H3,(H,16,18). The molecule has 0 aliphatic carbocycles. The number of carbonyl (C=O) groups is 1. The number of aliphatic hydroxyl groups excluding tert-OH is 1. The zero-order valence-electron chi connectivity index (χ0n) is 11.1. The lowest BCUT2D eigenvalue weighted by atomic mass is 10.1. The van der Waals surface area contributed by atoms with E-state index in [0.717, 1.165) is 11.1 Å². The van der Waals surface area contributed by atoms with E-state index < -0.39 is 6.10 Å². The molecule has 0 heterocycles.